The lowest BCUT2D eigenvalue weighted by atomic mass is 9.59. The van der Waals surface area contributed by atoms with Gasteiger partial charge in [-0.1, -0.05) is 94.1 Å². The van der Waals surface area contributed by atoms with Crippen molar-refractivity contribution in [1.29, 1.82) is 0 Å². The highest BCUT2D eigenvalue weighted by Gasteiger charge is 2.21. The number of rotatable bonds is 8. The number of hydrogen-bond acceptors (Lipinski definition) is 2. The molecule has 0 atom stereocenters. The van der Waals surface area contributed by atoms with Gasteiger partial charge in [0.2, 0.25) is 0 Å². The fourth-order valence-corrected chi connectivity index (χ4v) is 8.56. The molecule has 256 valence electrons. The van der Waals surface area contributed by atoms with Crippen LogP contribution in [0.15, 0.2) is 127 Å². The molecule has 55 heavy (non-hydrogen) atoms. The molecule has 7 aromatic rings. The zero-order chi connectivity index (χ0) is 39.1. The van der Waals surface area contributed by atoms with Crippen LogP contribution < -0.4 is 64.4 Å². The van der Waals surface area contributed by atoms with Crippen molar-refractivity contribution in [3.63, 3.8) is 0 Å². The number of anilines is 6. The first-order valence-corrected chi connectivity index (χ1v) is 19.6. The van der Waals surface area contributed by atoms with E-state index in [4.69, 9.17) is 11.6 Å². The second-order valence-electron chi connectivity index (χ2n) is 15.1. The fraction of sp³-hybridized carbons (Fsp3) is 0. The van der Waals surface area contributed by atoms with Crippen LogP contribution in [-0.4, -0.2) is 78.5 Å². The maximum atomic E-state index is 7.17. The summed E-state index contributed by atoms with van der Waals surface area (Å²) in [5.74, 6) is 0. The summed E-state index contributed by atoms with van der Waals surface area (Å²) in [7, 11) is 22.5. The third-order valence-electron chi connectivity index (χ3n) is 12.2. The van der Waals surface area contributed by atoms with Crippen molar-refractivity contribution in [2.75, 3.05) is 9.80 Å². The Balaban J connectivity index is 1.49. The highest BCUT2D eigenvalue weighted by atomic mass is 35.5. The minimum atomic E-state index is 0.662. The quantitative estimate of drug-likeness (QED) is 0.146. The molecule has 13 heteroatoms. The van der Waals surface area contributed by atoms with Gasteiger partial charge in [0, 0.05) is 39.1 Å². The van der Waals surface area contributed by atoms with Gasteiger partial charge in [0.25, 0.3) is 0 Å². The van der Waals surface area contributed by atoms with Gasteiger partial charge >= 0.3 is 0 Å². The van der Waals surface area contributed by atoms with E-state index < -0.39 is 0 Å². The van der Waals surface area contributed by atoms with E-state index >= 15 is 0 Å². The maximum absolute atomic E-state index is 7.17. The molecule has 0 N–H and O–H groups in total. The average molecular weight is 717 g/mol. The molecular weight excluding hydrogens is 676 g/mol. The van der Waals surface area contributed by atoms with E-state index in [1.165, 1.54) is 76.9 Å². The predicted molar refractivity (Wildman–Crippen MR) is 273 cm³/mol. The molecule has 0 amide bonds. The zero-order valence-electron chi connectivity index (χ0n) is 33.9. The summed E-state index contributed by atoms with van der Waals surface area (Å²) in [4.78, 5) is 4.64. The first-order chi connectivity index (χ1) is 26.4. The summed E-state index contributed by atoms with van der Waals surface area (Å²) >= 11 is 7.17. The van der Waals surface area contributed by atoms with E-state index in [2.05, 4.69) is 216 Å². The van der Waals surface area contributed by atoms with Gasteiger partial charge in [0.1, 0.15) is 78.5 Å². The number of para-hydroxylation sites is 2. The van der Waals surface area contributed by atoms with Crippen molar-refractivity contribution in [3.05, 3.63) is 132 Å². The predicted octanol–water partition coefficient (Wildman–Crippen LogP) is -4.80. The Bertz CT molecular complexity index is 2380. The molecule has 0 saturated carbocycles. The fourth-order valence-electron chi connectivity index (χ4n) is 8.33. The summed E-state index contributed by atoms with van der Waals surface area (Å²) in [6, 6.07) is 45.4. The van der Waals surface area contributed by atoms with Gasteiger partial charge in [-0.15, -0.1) is 32.8 Å². The van der Waals surface area contributed by atoms with Crippen LogP contribution in [0, 0.1) is 0 Å². The van der Waals surface area contributed by atoms with Crippen molar-refractivity contribution < 1.29 is 0 Å². The summed E-state index contributed by atoms with van der Waals surface area (Å²) in [6.07, 6.45) is 0. The number of halogens is 1. The van der Waals surface area contributed by atoms with Gasteiger partial charge in [-0.2, -0.15) is 0 Å². The van der Waals surface area contributed by atoms with Crippen molar-refractivity contribution in [2.24, 2.45) is 0 Å². The first-order valence-electron chi connectivity index (χ1n) is 19.2. The van der Waals surface area contributed by atoms with E-state index in [0.717, 1.165) is 34.1 Å². The molecule has 0 aromatic heterocycles. The van der Waals surface area contributed by atoms with Crippen LogP contribution in [0.1, 0.15) is 0 Å². The van der Waals surface area contributed by atoms with E-state index in [-0.39, 0.29) is 0 Å². The number of hydrogen-bond donors (Lipinski definition) is 0. The lowest BCUT2D eigenvalue weighted by Crippen LogP contribution is -2.55. The zero-order valence-corrected chi connectivity index (χ0v) is 34.7. The standard InChI is InChI=1S/C42H41B10ClN2/c43-33-31(34(44)38(48)41(51)37(33)47)22-9-7-15-27(17-22)55(28-16-8-10-23(18-28)32-35(45)39(49)42(52)40(50)36(32)46)30-20-24(53)19-29(21-30)54(25-11-3-1-4-12-25)26-13-5-2-6-14-26/h1-21H,43-52H2. The van der Waals surface area contributed by atoms with Gasteiger partial charge in [0.05, 0.1) is 0 Å². The normalized spacial score (nSPS) is 11.0. The van der Waals surface area contributed by atoms with Gasteiger partial charge < -0.3 is 9.80 Å². The topological polar surface area (TPSA) is 6.48 Å². The molecule has 0 saturated heterocycles. The summed E-state index contributed by atoms with van der Waals surface area (Å²) < 4.78 is 0. The Morgan fingerprint density at radius 2 is 0.600 bits per heavy atom. The monoisotopic (exact) mass is 718 g/mol. The molecule has 0 radical (unpaired) electrons. The lowest BCUT2D eigenvalue weighted by Gasteiger charge is -2.30. The Hall–Kier alpha value is -4.92. The number of benzene rings is 7. The average Bonchev–Trinajstić information content (AvgIpc) is 3.19. The minimum absolute atomic E-state index is 0.662. The third kappa shape index (κ3) is 7.18. The van der Waals surface area contributed by atoms with Gasteiger partial charge in [0.15, 0.2) is 0 Å². The molecule has 7 aromatic carbocycles. The SMILES string of the molecule is Bc1c(B)c(B)c(-c2cccc(N(c3cccc(-c4c(B)c(B)c(B)c(B)c4B)c3)c3cc(Cl)cc(N(c4ccccc4)c4ccccc4)c3)c2)c(B)c1B. The Morgan fingerprint density at radius 1 is 0.291 bits per heavy atom. The first kappa shape index (κ1) is 38.4. The molecule has 2 nitrogen and oxygen atoms in total. The summed E-state index contributed by atoms with van der Waals surface area (Å²) in [5, 5.41) is 0.662. The molecule has 0 unspecified atom stereocenters. The maximum Gasteiger partial charge on any atom is 0.139 e. The van der Waals surface area contributed by atoms with E-state index in [1.807, 2.05) is 0 Å². The van der Waals surface area contributed by atoms with Gasteiger partial charge in [-0.25, -0.2) is 0 Å². The smallest absolute Gasteiger partial charge is 0.139 e. The molecule has 7 rings (SSSR count). The molecule has 0 aliphatic heterocycles. The molecule has 0 spiro atoms. The van der Waals surface area contributed by atoms with E-state index in [9.17, 15) is 0 Å². The Labute approximate surface area is 341 Å². The lowest BCUT2D eigenvalue weighted by molar-refractivity contribution is 1.25. The molecule has 0 aliphatic carbocycles. The highest BCUT2D eigenvalue weighted by molar-refractivity contribution is 6.70. The van der Waals surface area contributed by atoms with Crippen LogP contribution in [0.3, 0.4) is 0 Å². The Kier molecular flexibility index (Phi) is 10.9. The molecule has 0 fully saturated rings. The van der Waals surface area contributed by atoms with Crippen molar-refractivity contribution in [2.45, 2.75) is 0 Å². The van der Waals surface area contributed by atoms with Crippen LogP contribution in [0.4, 0.5) is 34.1 Å². The van der Waals surface area contributed by atoms with Crippen LogP contribution in [0.5, 0.6) is 0 Å². The van der Waals surface area contributed by atoms with Crippen molar-refractivity contribution in [3.8, 4) is 22.3 Å². The second-order valence-corrected chi connectivity index (χ2v) is 15.5. The van der Waals surface area contributed by atoms with Crippen LogP contribution in [0.25, 0.3) is 22.3 Å². The highest BCUT2D eigenvalue weighted by Crippen LogP contribution is 2.43. The minimum Gasteiger partial charge on any atom is -0.310 e. The van der Waals surface area contributed by atoms with Gasteiger partial charge in [-0.3, -0.25) is 0 Å². The summed E-state index contributed by atoms with van der Waals surface area (Å²) in [6.45, 7) is 0. The van der Waals surface area contributed by atoms with Crippen LogP contribution >= 0.6 is 11.6 Å². The third-order valence-corrected chi connectivity index (χ3v) is 12.4. The van der Waals surface area contributed by atoms with Crippen molar-refractivity contribution >= 4 is 179 Å². The van der Waals surface area contributed by atoms with E-state index in [1.54, 1.807) is 0 Å². The molecular formula is C42H41B10ClN2. The largest absolute Gasteiger partial charge is 0.310 e. The number of nitrogens with zero attached hydrogens (tertiary/aromatic N) is 2. The Morgan fingerprint density at radius 3 is 0.964 bits per heavy atom. The van der Waals surface area contributed by atoms with E-state index in [0.29, 0.717) is 5.02 Å². The summed E-state index contributed by atoms with van der Waals surface area (Å²) in [5.41, 5.74) is 24.7. The van der Waals surface area contributed by atoms with Crippen LogP contribution in [-0.2, 0) is 0 Å². The van der Waals surface area contributed by atoms with Crippen molar-refractivity contribution in [1.82, 2.24) is 0 Å². The molecule has 0 bridgehead atoms. The molecule has 0 aliphatic rings. The van der Waals surface area contributed by atoms with Gasteiger partial charge in [-0.05, 0) is 89.0 Å². The second kappa shape index (κ2) is 15.7. The van der Waals surface area contributed by atoms with Crippen LogP contribution in [0.2, 0.25) is 5.02 Å². The molecule has 0 heterocycles.